The van der Waals surface area contributed by atoms with Gasteiger partial charge < -0.3 is 9.84 Å². The van der Waals surface area contributed by atoms with Crippen LogP contribution in [-0.4, -0.2) is 40.3 Å². The van der Waals surface area contributed by atoms with Crippen molar-refractivity contribution < 1.29 is 28.2 Å². The smallest absolute Gasteiger partial charge is 0.328 e. The van der Waals surface area contributed by atoms with Crippen molar-refractivity contribution >= 4 is 11.9 Å². The zero-order valence-electron chi connectivity index (χ0n) is 15.8. The van der Waals surface area contributed by atoms with Crippen molar-refractivity contribution in [3.05, 3.63) is 35.4 Å². The Balaban J connectivity index is 1.91. The van der Waals surface area contributed by atoms with E-state index in [0.717, 1.165) is 25.0 Å². The van der Waals surface area contributed by atoms with E-state index < -0.39 is 35.3 Å². The maximum absolute atomic E-state index is 13.6. The lowest BCUT2D eigenvalue weighted by Gasteiger charge is -2.46. The van der Waals surface area contributed by atoms with E-state index >= 15 is 0 Å². The van der Waals surface area contributed by atoms with Gasteiger partial charge in [0.1, 0.15) is 5.72 Å². The summed E-state index contributed by atoms with van der Waals surface area (Å²) in [5.41, 5.74) is -0.975. The molecule has 2 fully saturated rings. The number of aliphatic carboxylic acids is 1. The van der Waals surface area contributed by atoms with Crippen molar-refractivity contribution in [2.24, 2.45) is 11.3 Å². The lowest BCUT2D eigenvalue weighted by molar-refractivity contribution is -0.144. The lowest BCUT2D eigenvalue weighted by atomic mass is 9.70. The minimum atomic E-state index is -1.17. The highest BCUT2D eigenvalue weighted by molar-refractivity contribution is 5.97. The van der Waals surface area contributed by atoms with Gasteiger partial charge in [-0.15, -0.1) is 0 Å². The van der Waals surface area contributed by atoms with Crippen LogP contribution in [0.25, 0.3) is 0 Å². The van der Waals surface area contributed by atoms with Crippen LogP contribution < -0.4 is 0 Å². The number of rotatable bonds is 2. The Bertz CT molecular complexity index is 751. The predicted octanol–water partition coefficient (Wildman–Crippen LogP) is 3.82. The quantitative estimate of drug-likeness (QED) is 0.846. The number of benzene rings is 1. The van der Waals surface area contributed by atoms with Crippen LogP contribution in [0, 0.1) is 23.0 Å². The first kappa shape index (κ1) is 19.7. The molecule has 2 aliphatic rings. The molecule has 1 aliphatic heterocycles. The van der Waals surface area contributed by atoms with Crippen molar-refractivity contribution in [1.82, 2.24) is 4.90 Å². The van der Waals surface area contributed by atoms with Gasteiger partial charge in [-0.25, -0.2) is 13.6 Å². The zero-order valence-corrected chi connectivity index (χ0v) is 15.8. The molecule has 7 heteroatoms. The Labute approximate surface area is 157 Å². The highest BCUT2D eigenvalue weighted by Gasteiger charge is 2.54. The third-order valence-electron chi connectivity index (χ3n) is 5.92. The highest BCUT2D eigenvalue weighted by Crippen LogP contribution is 2.47. The number of halogens is 2. The molecule has 148 valence electrons. The van der Waals surface area contributed by atoms with E-state index in [1.165, 1.54) is 11.0 Å². The number of carboxylic acids is 1. The summed E-state index contributed by atoms with van der Waals surface area (Å²) in [6, 6.07) is 1.71. The second-order valence-electron chi connectivity index (χ2n) is 8.56. The lowest BCUT2D eigenvalue weighted by Crippen LogP contribution is -2.55. The fourth-order valence-corrected chi connectivity index (χ4v) is 4.26. The number of carboxylic acid groups (broad SMARTS) is 1. The summed E-state index contributed by atoms with van der Waals surface area (Å²) >= 11 is 0. The van der Waals surface area contributed by atoms with Gasteiger partial charge in [-0.05, 0) is 55.2 Å². The number of carbonyl (C=O) groups excluding carboxylic acids is 1. The summed E-state index contributed by atoms with van der Waals surface area (Å²) in [6.07, 6.45) is 2.65. The van der Waals surface area contributed by atoms with Crippen molar-refractivity contribution in [2.45, 2.75) is 58.2 Å². The molecule has 0 bridgehead atoms. The molecule has 1 saturated carbocycles. The molecule has 1 aromatic carbocycles. The van der Waals surface area contributed by atoms with E-state index in [2.05, 4.69) is 20.8 Å². The maximum atomic E-state index is 13.6. The summed E-state index contributed by atoms with van der Waals surface area (Å²) in [5, 5.41) is 9.57. The number of hydrogen-bond donors (Lipinski definition) is 1. The van der Waals surface area contributed by atoms with E-state index in [1.807, 2.05) is 0 Å². The molecule has 1 heterocycles. The average Bonchev–Trinajstić information content (AvgIpc) is 2.95. The Morgan fingerprint density at radius 1 is 1.19 bits per heavy atom. The molecule has 3 rings (SSSR count). The second kappa shape index (κ2) is 6.86. The van der Waals surface area contributed by atoms with Crippen LogP contribution in [0.5, 0.6) is 0 Å². The van der Waals surface area contributed by atoms with Crippen LogP contribution in [0.1, 0.15) is 56.8 Å². The van der Waals surface area contributed by atoms with Gasteiger partial charge in [0.05, 0.1) is 6.61 Å². The molecule has 1 atom stereocenters. The van der Waals surface area contributed by atoms with Gasteiger partial charge in [0.15, 0.2) is 17.7 Å². The molecule has 1 amide bonds. The Hall–Kier alpha value is -2.02. The fourth-order valence-electron chi connectivity index (χ4n) is 4.26. The first-order valence-corrected chi connectivity index (χ1v) is 9.21. The summed E-state index contributed by atoms with van der Waals surface area (Å²) in [7, 11) is 0. The van der Waals surface area contributed by atoms with Crippen molar-refractivity contribution in [3.63, 3.8) is 0 Å². The third-order valence-corrected chi connectivity index (χ3v) is 5.92. The Morgan fingerprint density at radius 3 is 2.33 bits per heavy atom. The molecule has 0 unspecified atom stereocenters. The van der Waals surface area contributed by atoms with Gasteiger partial charge in [0.2, 0.25) is 0 Å². The predicted molar refractivity (Wildman–Crippen MR) is 94.0 cm³/mol. The van der Waals surface area contributed by atoms with E-state index in [0.29, 0.717) is 18.8 Å². The van der Waals surface area contributed by atoms with Crippen molar-refractivity contribution in [3.8, 4) is 0 Å². The Kier molecular flexibility index (Phi) is 5.01. The fraction of sp³-hybridized carbons (Fsp3) is 0.600. The van der Waals surface area contributed by atoms with E-state index in [9.17, 15) is 23.5 Å². The Morgan fingerprint density at radius 2 is 1.81 bits per heavy atom. The first-order chi connectivity index (χ1) is 12.5. The standard InChI is InChI=1S/C20H25F2NO4/c1-19(2,3)13-6-8-20(9-7-13)23(16(11-27-20)18(25)26)17(24)12-4-5-14(21)15(22)10-12/h4-5,10,13,16H,6-9,11H2,1-3H3,(H,25,26)/t13?,16-,20?/m1/s1. The molecule has 0 radical (unpaired) electrons. The normalized spacial score (nSPS) is 28.6. The van der Waals surface area contributed by atoms with Gasteiger partial charge in [-0.3, -0.25) is 9.69 Å². The van der Waals surface area contributed by atoms with E-state index in [4.69, 9.17) is 4.74 Å². The molecular formula is C20H25F2NO4. The van der Waals surface area contributed by atoms with Crippen LogP contribution in [0.15, 0.2) is 18.2 Å². The number of carbonyl (C=O) groups is 2. The van der Waals surface area contributed by atoms with Crippen molar-refractivity contribution in [1.29, 1.82) is 0 Å². The van der Waals surface area contributed by atoms with Crippen LogP contribution >= 0.6 is 0 Å². The molecule has 5 nitrogen and oxygen atoms in total. The van der Waals surface area contributed by atoms with Crippen LogP contribution in [0.4, 0.5) is 8.78 Å². The van der Waals surface area contributed by atoms with Gasteiger partial charge in [-0.1, -0.05) is 20.8 Å². The average molecular weight is 381 g/mol. The number of amides is 1. The molecule has 1 N–H and O–H groups in total. The molecule has 0 aromatic heterocycles. The monoisotopic (exact) mass is 381 g/mol. The van der Waals surface area contributed by atoms with Gasteiger partial charge in [0.25, 0.3) is 5.91 Å². The summed E-state index contributed by atoms with van der Waals surface area (Å²) < 4.78 is 32.7. The second-order valence-corrected chi connectivity index (χ2v) is 8.56. The molecule has 1 aromatic rings. The van der Waals surface area contributed by atoms with E-state index in [1.54, 1.807) is 0 Å². The van der Waals surface area contributed by atoms with Gasteiger partial charge in [0, 0.05) is 5.56 Å². The van der Waals surface area contributed by atoms with E-state index in [-0.39, 0.29) is 17.6 Å². The molecule has 1 aliphatic carbocycles. The topological polar surface area (TPSA) is 66.8 Å². The molecule has 1 saturated heterocycles. The minimum Gasteiger partial charge on any atom is -0.480 e. The summed E-state index contributed by atoms with van der Waals surface area (Å²) in [5.74, 6) is -3.57. The number of hydrogen-bond acceptors (Lipinski definition) is 3. The van der Waals surface area contributed by atoms with Crippen LogP contribution in [0.2, 0.25) is 0 Å². The van der Waals surface area contributed by atoms with Crippen LogP contribution in [0.3, 0.4) is 0 Å². The SMILES string of the molecule is CC(C)(C)C1CCC2(CC1)OC[C@H](C(=O)O)N2C(=O)c1ccc(F)c(F)c1. The first-order valence-electron chi connectivity index (χ1n) is 9.21. The number of ether oxygens (including phenoxy) is 1. The van der Waals surface area contributed by atoms with Gasteiger partial charge in [-0.2, -0.15) is 0 Å². The third kappa shape index (κ3) is 3.57. The summed E-state index contributed by atoms with van der Waals surface area (Å²) in [4.78, 5) is 26.0. The van der Waals surface area contributed by atoms with Crippen LogP contribution in [-0.2, 0) is 9.53 Å². The highest BCUT2D eigenvalue weighted by atomic mass is 19.2. The maximum Gasteiger partial charge on any atom is 0.328 e. The number of nitrogens with zero attached hydrogens (tertiary/aromatic N) is 1. The molecular weight excluding hydrogens is 356 g/mol. The largest absolute Gasteiger partial charge is 0.480 e. The zero-order chi connectivity index (χ0) is 20.0. The van der Waals surface area contributed by atoms with Crippen molar-refractivity contribution in [2.75, 3.05) is 6.61 Å². The molecule has 1 spiro atoms. The van der Waals surface area contributed by atoms with Gasteiger partial charge >= 0.3 is 5.97 Å². The minimum absolute atomic E-state index is 0.0806. The summed E-state index contributed by atoms with van der Waals surface area (Å²) in [6.45, 7) is 6.38. The molecule has 27 heavy (non-hydrogen) atoms.